The molecule has 5 heteroatoms. The van der Waals surface area contributed by atoms with Crippen LogP contribution in [0.15, 0.2) is 11.4 Å². The Bertz CT molecular complexity index is 515. The first-order valence-corrected chi connectivity index (χ1v) is 8.77. The molecule has 1 N–H and O–H groups in total. The molecule has 0 aliphatic carbocycles. The van der Waals surface area contributed by atoms with Gasteiger partial charge in [-0.25, -0.2) is 0 Å². The van der Waals surface area contributed by atoms with E-state index in [1.165, 1.54) is 11.3 Å². The lowest BCUT2D eigenvalue weighted by molar-refractivity contribution is 0.0765. The summed E-state index contributed by atoms with van der Waals surface area (Å²) in [6.07, 6.45) is 1.55. The summed E-state index contributed by atoms with van der Waals surface area (Å²) < 4.78 is 0. The van der Waals surface area contributed by atoms with Gasteiger partial charge in [-0.15, -0.1) is 11.3 Å². The van der Waals surface area contributed by atoms with E-state index in [0.717, 1.165) is 35.7 Å². The summed E-state index contributed by atoms with van der Waals surface area (Å²) in [4.78, 5) is 15.3. The Hall–Kier alpha value is -0.960. The van der Waals surface area contributed by atoms with Crippen LogP contribution < -0.4 is 0 Å². The number of hydrogen-bond donors (Lipinski definition) is 1. The van der Waals surface area contributed by atoms with Crippen molar-refractivity contribution in [2.75, 3.05) is 25.4 Å². The highest BCUT2D eigenvalue weighted by atomic mass is 32.2. The number of carbonyl (C=O) groups is 1. The quantitative estimate of drug-likeness (QED) is 0.872. The predicted molar refractivity (Wildman–Crippen MR) is 85.3 cm³/mol. The van der Waals surface area contributed by atoms with E-state index in [1.54, 1.807) is 0 Å². The van der Waals surface area contributed by atoms with Gasteiger partial charge in [-0.3, -0.25) is 4.79 Å². The summed E-state index contributed by atoms with van der Waals surface area (Å²) >= 11 is 3.41. The van der Waals surface area contributed by atoms with Gasteiger partial charge in [0.25, 0.3) is 5.91 Å². The molecular weight excluding hydrogens is 290 g/mol. The van der Waals surface area contributed by atoms with E-state index in [2.05, 4.69) is 18.8 Å². The molecule has 1 fully saturated rings. The molecule has 0 aromatic carbocycles. The van der Waals surface area contributed by atoms with Crippen LogP contribution >= 0.6 is 23.1 Å². The fourth-order valence-electron chi connectivity index (χ4n) is 2.08. The van der Waals surface area contributed by atoms with Crippen molar-refractivity contribution >= 4 is 29.0 Å². The van der Waals surface area contributed by atoms with Crippen LogP contribution in [0.2, 0.25) is 0 Å². The van der Waals surface area contributed by atoms with E-state index in [0.29, 0.717) is 11.7 Å². The molecule has 2 rings (SSSR count). The minimum Gasteiger partial charge on any atom is -0.395 e. The Morgan fingerprint density at radius 3 is 3.20 bits per heavy atom. The van der Waals surface area contributed by atoms with Crippen LogP contribution in [0, 0.1) is 11.8 Å². The van der Waals surface area contributed by atoms with Crippen molar-refractivity contribution in [2.45, 2.75) is 25.0 Å². The summed E-state index contributed by atoms with van der Waals surface area (Å²) in [7, 11) is 0. The first-order valence-electron chi connectivity index (χ1n) is 6.84. The van der Waals surface area contributed by atoms with E-state index in [9.17, 15) is 4.79 Å². The zero-order chi connectivity index (χ0) is 14.4. The van der Waals surface area contributed by atoms with Gasteiger partial charge in [0, 0.05) is 36.1 Å². The predicted octanol–water partition coefficient (Wildman–Crippen LogP) is 2.45. The number of rotatable bonds is 3. The lowest BCUT2D eigenvalue weighted by Crippen LogP contribution is -2.41. The van der Waals surface area contributed by atoms with Crippen LogP contribution in [0.5, 0.6) is 0 Å². The highest BCUT2D eigenvalue weighted by Gasteiger charge is 2.25. The summed E-state index contributed by atoms with van der Waals surface area (Å²) in [5.41, 5.74) is 0.791. The highest BCUT2D eigenvalue weighted by molar-refractivity contribution is 8.00. The van der Waals surface area contributed by atoms with Crippen molar-refractivity contribution in [3.05, 3.63) is 21.9 Å². The monoisotopic (exact) mass is 309 g/mol. The molecule has 1 aliphatic rings. The number of nitrogens with zero attached hydrogens (tertiary/aromatic N) is 1. The van der Waals surface area contributed by atoms with Crippen molar-refractivity contribution in [3.8, 4) is 11.8 Å². The molecule has 0 bridgehead atoms. The number of hydrogen-bond acceptors (Lipinski definition) is 4. The second kappa shape index (κ2) is 7.72. The molecule has 1 aromatic rings. The Labute approximate surface area is 128 Å². The van der Waals surface area contributed by atoms with E-state index >= 15 is 0 Å². The summed E-state index contributed by atoms with van der Waals surface area (Å²) in [5.74, 6) is 6.99. The Balaban J connectivity index is 2.10. The largest absolute Gasteiger partial charge is 0.395 e. The van der Waals surface area contributed by atoms with Crippen molar-refractivity contribution in [1.29, 1.82) is 0 Å². The summed E-state index contributed by atoms with van der Waals surface area (Å²) in [6.45, 7) is 3.88. The maximum atomic E-state index is 12.6. The van der Waals surface area contributed by atoms with Crippen LogP contribution in [0.25, 0.3) is 0 Å². The van der Waals surface area contributed by atoms with E-state index in [4.69, 9.17) is 5.11 Å². The van der Waals surface area contributed by atoms with E-state index < -0.39 is 0 Å². The molecule has 1 atom stereocenters. The van der Waals surface area contributed by atoms with Crippen LogP contribution in [-0.2, 0) is 0 Å². The Morgan fingerprint density at radius 2 is 2.45 bits per heavy atom. The molecule has 1 amide bonds. The van der Waals surface area contributed by atoms with Gasteiger partial charge in [-0.05, 0) is 17.9 Å². The van der Waals surface area contributed by atoms with Crippen molar-refractivity contribution in [2.24, 2.45) is 0 Å². The van der Waals surface area contributed by atoms with Gasteiger partial charge in [0.2, 0.25) is 0 Å². The van der Waals surface area contributed by atoms with Gasteiger partial charge in [0.15, 0.2) is 0 Å². The van der Waals surface area contributed by atoms with Crippen molar-refractivity contribution < 1.29 is 9.90 Å². The molecule has 1 aliphatic heterocycles. The third-order valence-corrected chi connectivity index (χ3v) is 5.48. The van der Waals surface area contributed by atoms with Crippen molar-refractivity contribution in [1.82, 2.24) is 4.90 Å². The van der Waals surface area contributed by atoms with Crippen LogP contribution in [0.4, 0.5) is 0 Å². The zero-order valence-corrected chi connectivity index (χ0v) is 13.2. The number of thioether (sulfide) groups is 1. The number of aliphatic hydroxyl groups excluding tert-OH is 1. The second-order valence-electron chi connectivity index (χ2n) is 4.59. The molecule has 1 saturated heterocycles. The second-order valence-corrected chi connectivity index (χ2v) is 6.92. The molecule has 1 aromatic heterocycles. The molecule has 3 nitrogen and oxygen atoms in total. The fourth-order valence-corrected chi connectivity index (χ4v) is 4.08. The summed E-state index contributed by atoms with van der Waals surface area (Å²) in [6, 6.07) is 1.89. The lowest BCUT2D eigenvalue weighted by Gasteiger charge is -2.31. The van der Waals surface area contributed by atoms with Gasteiger partial charge >= 0.3 is 0 Å². The van der Waals surface area contributed by atoms with Gasteiger partial charge in [0.1, 0.15) is 4.88 Å². The van der Waals surface area contributed by atoms with E-state index in [-0.39, 0.29) is 12.5 Å². The molecular formula is C15H19NO2S2. The number of aliphatic hydroxyl groups is 1. The third-order valence-electron chi connectivity index (χ3n) is 3.20. The minimum atomic E-state index is 0.0575. The minimum absolute atomic E-state index is 0.0575. The van der Waals surface area contributed by atoms with Crippen LogP contribution in [0.1, 0.15) is 35.0 Å². The number of amides is 1. The van der Waals surface area contributed by atoms with Crippen LogP contribution in [0.3, 0.4) is 0 Å². The average Bonchev–Trinajstić information content (AvgIpc) is 2.95. The molecule has 20 heavy (non-hydrogen) atoms. The SMILES string of the molecule is CCC1CN(C(=O)c2sccc2C#CCCO)CCS1. The molecule has 2 heterocycles. The summed E-state index contributed by atoms with van der Waals surface area (Å²) in [5, 5.41) is 11.2. The molecule has 0 radical (unpaired) electrons. The Morgan fingerprint density at radius 1 is 1.60 bits per heavy atom. The van der Waals surface area contributed by atoms with E-state index in [1.807, 2.05) is 28.1 Å². The first-order chi connectivity index (χ1) is 9.76. The number of thiophene rings is 1. The number of carbonyl (C=O) groups excluding carboxylic acids is 1. The fraction of sp³-hybridized carbons (Fsp3) is 0.533. The first kappa shape index (κ1) is 15.4. The normalized spacial score (nSPS) is 18.5. The van der Waals surface area contributed by atoms with Gasteiger partial charge in [-0.1, -0.05) is 18.8 Å². The van der Waals surface area contributed by atoms with Crippen molar-refractivity contribution in [3.63, 3.8) is 0 Å². The standard InChI is InChI=1S/C15H19NO2S2/c1-2-13-11-16(7-10-19-13)15(18)14-12(6-9-20-14)5-3-4-8-17/h6,9,13,17H,2,4,7-8,10-11H2,1H3. The third kappa shape index (κ3) is 3.78. The zero-order valence-electron chi connectivity index (χ0n) is 11.6. The molecule has 0 saturated carbocycles. The molecule has 0 spiro atoms. The average molecular weight is 309 g/mol. The van der Waals surface area contributed by atoms with Gasteiger partial charge in [0.05, 0.1) is 6.61 Å². The van der Waals surface area contributed by atoms with Crippen LogP contribution in [-0.4, -0.2) is 46.6 Å². The van der Waals surface area contributed by atoms with Gasteiger partial charge < -0.3 is 10.0 Å². The topological polar surface area (TPSA) is 40.5 Å². The smallest absolute Gasteiger partial charge is 0.265 e. The maximum absolute atomic E-state index is 12.6. The molecule has 1 unspecified atom stereocenters. The maximum Gasteiger partial charge on any atom is 0.265 e. The van der Waals surface area contributed by atoms with Gasteiger partial charge in [-0.2, -0.15) is 11.8 Å². The molecule has 108 valence electrons. The highest BCUT2D eigenvalue weighted by Crippen LogP contribution is 2.25. The lowest BCUT2D eigenvalue weighted by atomic mass is 10.2. The Kier molecular flexibility index (Phi) is 5.96.